The lowest BCUT2D eigenvalue weighted by atomic mass is 10.1. The third-order valence-electron chi connectivity index (χ3n) is 2.63. The zero-order valence-corrected chi connectivity index (χ0v) is 10.1. The number of hydrogen-bond donors (Lipinski definition) is 2. The van der Waals surface area contributed by atoms with Gasteiger partial charge in [0.2, 0.25) is 0 Å². The van der Waals surface area contributed by atoms with Crippen LogP contribution >= 0.6 is 0 Å². The molecule has 2 rings (SSSR count). The van der Waals surface area contributed by atoms with Gasteiger partial charge >= 0.3 is 0 Å². The van der Waals surface area contributed by atoms with Gasteiger partial charge in [-0.2, -0.15) is 0 Å². The van der Waals surface area contributed by atoms with E-state index in [4.69, 9.17) is 0 Å². The minimum absolute atomic E-state index is 0.103. The van der Waals surface area contributed by atoms with Crippen molar-refractivity contribution < 1.29 is 18.7 Å². The number of aromatic hydroxyl groups is 1. The summed E-state index contributed by atoms with van der Waals surface area (Å²) in [6.45, 7) is 1.67. The molecule has 0 saturated carbocycles. The molecule has 0 aliphatic carbocycles. The molecule has 3 nitrogen and oxygen atoms in total. The predicted octanol–water partition coefficient (Wildman–Crippen LogP) is 3.23. The molecule has 5 heteroatoms. The first-order valence-electron chi connectivity index (χ1n) is 5.53. The second-order valence-electron chi connectivity index (χ2n) is 4.08. The van der Waals surface area contributed by atoms with Crippen molar-refractivity contribution in [1.29, 1.82) is 0 Å². The average Bonchev–Trinajstić information content (AvgIpc) is 2.33. The molecule has 0 aromatic heterocycles. The number of aryl methyl sites for hydroxylation is 1. The minimum atomic E-state index is -0.923. The first-order chi connectivity index (χ1) is 8.97. The Morgan fingerprint density at radius 2 is 1.89 bits per heavy atom. The van der Waals surface area contributed by atoms with Crippen molar-refractivity contribution in [1.82, 2.24) is 0 Å². The van der Waals surface area contributed by atoms with E-state index in [0.29, 0.717) is 17.3 Å². The van der Waals surface area contributed by atoms with E-state index in [2.05, 4.69) is 5.32 Å². The highest BCUT2D eigenvalue weighted by molar-refractivity contribution is 6.04. The summed E-state index contributed by atoms with van der Waals surface area (Å²) in [6.07, 6.45) is 0. The second kappa shape index (κ2) is 5.06. The topological polar surface area (TPSA) is 49.3 Å². The normalized spacial score (nSPS) is 10.3. The Labute approximate surface area is 108 Å². The molecule has 0 saturated heterocycles. The summed E-state index contributed by atoms with van der Waals surface area (Å²) in [5.74, 6) is -2.24. The van der Waals surface area contributed by atoms with Crippen LogP contribution in [-0.4, -0.2) is 11.0 Å². The van der Waals surface area contributed by atoms with Gasteiger partial charge in [0.1, 0.15) is 17.4 Å². The number of carbonyl (C=O) groups excluding carboxylic acids is 1. The van der Waals surface area contributed by atoms with Crippen LogP contribution in [0.5, 0.6) is 5.75 Å². The molecule has 2 N–H and O–H groups in total. The number of nitrogens with one attached hydrogen (secondary N) is 1. The van der Waals surface area contributed by atoms with Gasteiger partial charge in [-0.15, -0.1) is 0 Å². The molecule has 0 fully saturated rings. The lowest BCUT2D eigenvalue weighted by Gasteiger charge is -2.07. The molecule has 2 aromatic carbocycles. The van der Waals surface area contributed by atoms with E-state index in [-0.39, 0.29) is 11.3 Å². The Hall–Kier alpha value is -2.43. The zero-order valence-electron chi connectivity index (χ0n) is 10.1. The van der Waals surface area contributed by atoms with E-state index in [1.165, 1.54) is 12.1 Å². The van der Waals surface area contributed by atoms with Crippen LogP contribution in [0.4, 0.5) is 14.5 Å². The maximum Gasteiger partial charge on any atom is 0.258 e. The number of benzene rings is 2. The van der Waals surface area contributed by atoms with E-state index in [1.807, 2.05) is 0 Å². The highest BCUT2D eigenvalue weighted by Gasteiger charge is 2.12. The van der Waals surface area contributed by atoms with Crippen molar-refractivity contribution >= 4 is 11.6 Å². The fourth-order valence-electron chi connectivity index (χ4n) is 1.61. The summed E-state index contributed by atoms with van der Waals surface area (Å²) in [7, 11) is 0. The summed E-state index contributed by atoms with van der Waals surface area (Å²) >= 11 is 0. The average molecular weight is 263 g/mol. The van der Waals surface area contributed by atoms with Crippen LogP contribution in [0.15, 0.2) is 36.4 Å². The minimum Gasteiger partial charge on any atom is -0.508 e. The number of anilines is 1. The number of phenols is 1. The number of amides is 1. The lowest BCUT2D eigenvalue weighted by molar-refractivity contribution is 0.102. The molecule has 0 unspecified atom stereocenters. The number of rotatable bonds is 2. The highest BCUT2D eigenvalue weighted by Crippen LogP contribution is 2.21. The number of phenolic OH excluding ortho intramolecular Hbond substituents is 1. The predicted molar refractivity (Wildman–Crippen MR) is 67.2 cm³/mol. The van der Waals surface area contributed by atoms with Crippen LogP contribution < -0.4 is 5.32 Å². The Morgan fingerprint density at radius 3 is 2.53 bits per heavy atom. The summed E-state index contributed by atoms with van der Waals surface area (Å²) in [4.78, 5) is 11.8. The highest BCUT2D eigenvalue weighted by atomic mass is 19.1. The smallest absolute Gasteiger partial charge is 0.258 e. The summed E-state index contributed by atoms with van der Waals surface area (Å²) < 4.78 is 26.1. The fourth-order valence-corrected chi connectivity index (χ4v) is 1.61. The van der Waals surface area contributed by atoms with Crippen LogP contribution in [0, 0.1) is 18.6 Å². The van der Waals surface area contributed by atoms with Crippen LogP contribution in [0.1, 0.15) is 15.9 Å². The van der Waals surface area contributed by atoms with Gasteiger partial charge in [-0.1, -0.05) is 0 Å². The Balaban J connectivity index is 2.23. The quantitative estimate of drug-likeness (QED) is 0.817. The molecule has 0 radical (unpaired) electrons. The molecule has 0 aliphatic heterocycles. The Kier molecular flexibility index (Phi) is 3.46. The SMILES string of the molecule is Cc1cc(NC(=O)c2ccc(F)cc2F)ccc1O. The molecule has 0 aliphatic rings. The summed E-state index contributed by atoms with van der Waals surface area (Å²) in [5, 5.41) is 11.8. The summed E-state index contributed by atoms with van der Waals surface area (Å²) in [6, 6.07) is 7.20. The molecule has 19 heavy (non-hydrogen) atoms. The van der Waals surface area contributed by atoms with Gasteiger partial charge in [0.25, 0.3) is 5.91 Å². The van der Waals surface area contributed by atoms with Gasteiger partial charge in [-0.25, -0.2) is 8.78 Å². The van der Waals surface area contributed by atoms with Crippen LogP contribution in [-0.2, 0) is 0 Å². The van der Waals surface area contributed by atoms with E-state index in [1.54, 1.807) is 13.0 Å². The number of hydrogen-bond acceptors (Lipinski definition) is 2. The molecule has 0 atom stereocenters. The molecule has 0 bridgehead atoms. The fraction of sp³-hybridized carbons (Fsp3) is 0.0714. The number of carbonyl (C=O) groups is 1. The maximum absolute atomic E-state index is 13.4. The van der Waals surface area contributed by atoms with Gasteiger partial charge in [-0.05, 0) is 42.8 Å². The molecule has 98 valence electrons. The van der Waals surface area contributed by atoms with Gasteiger partial charge < -0.3 is 10.4 Å². The molecule has 0 heterocycles. The van der Waals surface area contributed by atoms with Crippen molar-refractivity contribution in [2.75, 3.05) is 5.32 Å². The summed E-state index contributed by atoms with van der Waals surface area (Å²) in [5.41, 5.74) is 0.758. The monoisotopic (exact) mass is 263 g/mol. The Bertz CT molecular complexity index is 641. The molecular weight excluding hydrogens is 252 g/mol. The van der Waals surface area contributed by atoms with Gasteiger partial charge in [0.05, 0.1) is 5.56 Å². The first kappa shape index (κ1) is 13.0. The first-order valence-corrected chi connectivity index (χ1v) is 5.53. The third-order valence-corrected chi connectivity index (χ3v) is 2.63. The van der Waals surface area contributed by atoms with Gasteiger partial charge in [0.15, 0.2) is 0 Å². The molecular formula is C14H11F2NO2. The van der Waals surface area contributed by atoms with Crippen LogP contribution in [0.3, 0.4) is 0 Å². The Morgan fingerprint density at radius 1 is 1.16 bits per heavy atom. The molecule has 1 amide bonds. The maximum atomic E-state index is 13.4. The second-order valence-corrected chi connectivity index (χ2v) is 4.08. The van der Waals surface area contributed by atoms with Crippen molar-refractivity contribution in [3.05, 3.63) is 59.2 Å². The lowest BCUT2D eigenvalue weighted by Crippen LogP contribution is -2.14. The van der Waals surface area contributed by atoms with Crippen molar-refractivity contribution in [3.8, 4) is 5.75 Å². The van der Waals surface area contributed by atoms with Crippen LogP contribution in [0.2, 0.25) is 0 Å². The molecule has 0 spiro atoms. The van der Waals surface area contributed by atoms with E-state index < -0.39 is 17.5 Å². The van der Waals surface area contributed by atoms with E-state index >= 15 is 0 Å². The number of halogens is 2. The van der Waals surface area contributed by atoms with E-state index in [0.717, 1.165) is 12.1 Å². The third kappa shape index (κ3) is 2.88. The van der Waals surface area contributed by atoms with E-state index in [9.17, 15) is 18.7 Å². The standard InChI is InChI=1S/C14H11F2NO2/c1-8-6-10(3-5-13(8)18)17-14(19)11-4-2-9(15)7-12(11)16/h2-7,18H,1H3,(H,17,19). The van der Waals surface area contributed by atoms with Gasteiger partial charge in [-0.3, -0.25) is 4.79 Å². The zero-order chi connectivity index (χ0) is 14.0. The van der Waals surface area contributed by atoms with Crippen molar-refractivity contribution in [2.24, 2.45) is 0 Å². The van der Waals surface area contributed by atoms with Crippen LogP contribution in [0.25, 0.3) is 0 Å². The van der Waals surface area contributed by atoms with Gasteiger partial charge in [0, 0.05) is 11.8 Å². The van der Waals surface area contributed by atoms with Crippen molar-refractivity contribution in [2.45, 2.75) is 6.92 Å². The molecule has 2 aromatic rings. The van der Waals surface area contributed by atoms with Crippen molar-refractivity contribution in [3.63, 3.8) is 0 Å². The largest absolute Gasteiger partial charge is 0.508 e.